The first kappa shape index (κ1) is 11.8. The van der Waals surface area contributed by atoms with Gasteiger partial charge in [0, 0.05) is 12.6 Å². The average molecular weight is 254 g/mol. The van der Waals surface area contributed by atoms with Gasteiger partial charge in [0.15, 0.2) is 0 Å². The van der Waals surface area contributed by atoms with Crippen molar-refractivity contribution in [3.63, 3.8) is 0 Å². The highest BCUT2D eigenvalue weighted by Gasteiger charge is 2.30. The molecular formula is C15H18N4. The fourth-order valence-corrected chi connectivity index (χ4v) is 2.20. The number of pyridine rings is 1. The van der Waals surface area contributed by atoms with E-state index in [0.717, 1.165) is 12.4 Å². The molecule has 1 aromatic heterocycles. The normalized spacial score (nSPS) is 14.3. The molecule has 1 aliphatic carbocycles. The Morgan fingerprint density at radius 1 is 1.05 bits per heavy atom. The van der Waals surface area contributed by atoms with Gasteiger partial charge in [0.25, 0.3) is 0 Å². The van der Waals surface area contributed by atoms with Gasteiger partial charge in [0.2, 0.25) is 0 Å². The number of benzene rings is 1. The van der Waals surface area contributed by atoms with Crippen LogP contribution in [0, 0.1) is 0 Å². The summed E-state index contributed by atoms with van der Waals surface area (Å²) in [5.74, 6) is 1.33. The molecule has 0 spiro atoms. The Hall–Kier alpha value is -2.23. The maximum absolute atomic E-state index is 5.81. The van der Waals surface area contributed by atoms with Gasteiger partial charge in [0.05, 0.1) is 5.69 Å². The Balaban J connectivity index is 1.86. The summed E-state index contributed by atoms with van der Waals surface area (Å²) in [4.78, 5) is 6.72. The minimum atomic E-state index is 0.413. The van der Waals surface area contributed by atoms with Crippen molar-refractivity contribution in [1.82, 2.24) is 4.98 Å². The minimum absolute atomic E-state index is 0.413. The summed E-state index contributed by atoms with van der Waals surface area (Å²) >= 11 is 0. The predicted molar refractivity (Wildman–Crippen MR) is 78.7 cm³/mol. The van der Waals surface area contributed by atoms with Crippen LogP contribution >= 0.6 is 0 Å². The largest absolute Gasteiger partial charge is 0.396 e. The number of nitrogens with zero attached hydrogens (tertiary/aromatic N) is 2. The molecule has 0 radical (unpaired) electrons. The van der Waals surface area contributed by atoms with Crippen LogP contribution in [-0.2, 0) is 6.54 Å². The molecule has 4 heteroatoms. The maximum Gasteiger partial charge on any atom is 0.149 e. The number of nitrogen functional groups attached to an aromatic ring is 2. The van der Waals surface area contributed by atoms with E-state index in [2.05, 4.69) is 34.1 Å². The Kier molecular flexibility index (Phi) is 2.99. The molecule has 3 rings (SSSR count). The van der Waals surface area contributed by atoms with Crippen molar-refractivity contribution < 1.29 is 0 Å². The summed E-state index contributed by atoms with van der Waals surface area (Å²) in [6.45, 7) is 0.863. The van der Waals surface area contributed by atoms with E-state index in [-0.39, 0.29) is 0 Å². The fraction of sp³-hybridized carbons (Fsp3) is 0.267. The van der Waals surface area contributed by atoms with Gasteiger partial charge in [-0.3, -0.25) is 0 Å². The third kappa shape index (κ3) is 2.62. The van der Waals surface area contributed by atoms with Crippen molar-refractivity contribution in [2.45, 2.75) is 25.4 Å². The van der Waals surface area contributed by atoms with Gasteiger partial charge in [0.1, 0.15) is 11.6 Å². The molecule has 4 N–H and O–H groups in total. The lowest BCUT2D eigenvalue weighted by molar-refractivity contribution is 0.779. The average Bonchev–Trinajstić information content (AvgIpc) is 3.25. The van der Waals surface area contributed by atoms with Crippen molar-refractivity contribution >= 4 is 17.3 Å². The van der Waals surface area contributed by atoms with Crippen molar-refractivity contribution in [2.24, 2.45) is 0 Å². The molecule has 1 fully saturated rings. The minimum Gasteiger partial charge on any atom is -0.396 e. The molecule has 0 saturated heterocycles. The van der Waals surface area contributed by atoms with Gasteiger partial charge in [-0.15, -0.1) is 0 Å². The smallest absolute Gasteiger partial charge is 0.149 e. The molecule has 0 aliphatic heterocycles. The lowest BCUT2D eigenvalue weighted by Gasteiger charge is -2.24. The molecule has 1 saturated carbocycles. The van der Waals surface area contributed by atoms with Crippen molar-refractivity contribution in [3.8, 4) is 0 Å². The zero-order chi connectivity index (χ0) is 13.2. The standard InChI is InChI=1S/C15H18N4/c16-13-8-9-14(18-15(13)17)19(12-6-7-12)10-11-4-2-1-3-5-11/h1-5,8-9,12H,6-7,10,16H2,(H2,17,18). The van der Waals surface area contributed by atoms with Crippen LogP contribution in [0.4, 0.5) is 17.3 Å². The van der Waals surface area contributed by atoms with Crippen LogP contribution in [-0.4, -0.2) is 11.0 Å². The topological polar surface area (TPSA) is 68.2 Å². The Morgan fingerprint density at radius 2 is 1.79 bits per heavy atom. The summed E-state index contributed by atoms with van der Waals surface area (Å²) in [7, 11) is 0. The molecule has 0 atom stereocenters. The zero-order valence-electron chi connectivity index (χ0n) is 10.8. The van der Waals surface area contributed by atoms with E-state index in [1.54, 1.807) is 0 Å². The quantitative estimate of drug-likeness (QED) is 0.879. The summed E-state index contributed by atoms with van der Waals surface area (Å²) < 4.78 is 0. The number of hydrogen-bond donors (Lipinski definition) is 2. The number of hydrogen-bond acceptors (Lipinski definition) is 4. The van der Waals surface area contributed by atoms with Crippen LogP contribution in [0.2, 0.25) is 0 Å². The Bertz CT molecular complexity index is 564. The molecule has 1 aromatic carbocycles. The highest BCUT2D eigenvalue weighted by Crippen LogP contribution is 2.33. The molecule has 1 heterocycles. The third-order valence-electron chi connectivity index (χ3n) is 3.42. The lowest BCUT2D eigenvalue weighted by Crippen LogP contribution is -2.26. The molecule has 98 valence electrons. The first-order chi connectivity index (χ1) is 9.24. The molecule has 0 amide bonds. The van der Waals surface area contributed by atoms with Crippen LogP contribution in [0.25, 0.3) is 0 Å². The van der Waals surface area contributed by atoms with E-state index in [1.165, 1.54) is 18.4 Å². The maximum atomic E-state index is 5.81. The predicted octanol–water partition coefficient (Wildman–Crippen LogP) is 2.42. The molecule has 0 bridgehead atoms. The van der Waals surface area contributed by atoms with Crippen LogP contribution in [0.15, 0.2) is 42.5 Å². The fourth-order valence-electron chi connectivity index (χ4n) is 2.20. The highest BCUT2D eigenvalue weighted by atomic mass is 15.2. The Morgan fingerprint density at radius 3 is 2.42 bits per heavy atom. The van der Waals surface area contributed by atoms with E-state index >= 15 is 0 Å². The van der Waals surface area contributed by atoms with Crippen LogP contribution < -0.4 is 16.4 Å². The molecule has 1 aliphatic rings. The zero-order valence-corrected chi connectivity index (χ0v) is 10.8. The lowest BCUT2D eigenvalue weighted by atomic mass is 10.2. The van der Waals surface area contributed by atoms with Crippen molar-refractivity contribution in [2.75, 3.05) is 16.4 Å². The van der Waals surface area contributed by atoms with Crippen LogP contribution in [0.5, 0.6) is 0 Å². The van der Waals surface area contributed by atoms with Gasteiger partial charge in [-0.1, -0.05) is 30.3 Å². The molecule has 19 heavy (non-hydrogen) atoms. The summed E-state index contributed by atoms with van der Waals surface area (Å²) in [5, 5.41) is 0. The number of anilines is 3. The van der Waals surface area contributed by atoms with E-state index < -0.39 is 0 Å². The summed E-state index contributed by atoms with van der Waals surface area (Å²) in [6.07, 6.45) is 2.44. The number of nitrogens with two attached hydrogens (primary N) is 2. The van der Waals surface area contributed by atoms with Crippen molar-refractivity contribution in [3.05, 3.63) is 48.0 Å². The highest BCUT2D eigenvalue weighted by molar-refractivity contribution is 5.62. The van der Waals surface area contributed by atoms with Gasteiger partial charge in [-0.25, -0.2) is 4.98 Å². The Labute approximate surface area is 113 Å². The van der Waals surface area contributed by atoms with Gasteiger partial charge in [-0.05, 0) is 30.5 Å². The molecule has 0 unspecified atom stereocenters. The second-order valence-electron chi connectivity index (χ2n) is 4.99. The molecular weight excluding hydrogens is 236 g/mol. The first-order valence-electron chi connectivity index (χ1n) is 6.56. The van der Waals surface area contributed by atoms with E-state index in [4.69, 9.17) is 11.5 Å². The molecule has 2 aromatic rings. The van der Waals surface area contributed by atoms with Gasteiger partial charge < -0.3 is 16.4 Å². The van der Waals surface area contributed by atoms with Gasteiger partial charge >= 0.3 is 0 Å². The number of rotatable bonds is 4. The third-order valence-corrected chi connectivity index (χ3v) is 3.42. The van der Waals surface area contributed by atoms with Crippen LogP contribution in [0.1, 0.15) is 18.4 Å². The monoisotopic (exact) mass is 254 g/mol. The van der Waals surface area contributed by atoms with Crippen LogP contribution in [0.3, 0.4) is 0 Å². The first-order valence-corrected chi connectivity index (χ1v) is 6.56. The number of aromatic nitrogens is 1. The second-order valence-corrected chi connectivity index (χ2v) is 4.99. The SMILES string of the molecule is Nc1ccc(N(Cc2ccccc2)C2CC2)nc1N. The second kappa shape index (κ2) is 4.80. The van der Waals surface area contributed by atoms with E-state index in [1.807, 2.05) is 18.2 Å². The van der Waals surface area contributed by atoms with Gasteiger partial charge in [-0.2, -0.15) is 0 Å². The summed E-state index contributed by atoms with van der Waals surface area (Å²) in [5.41, 5.74) is 13.4. The van der Waals surface area contributed by atoms with E-state index in [0.29, 0.717) is 17.5 Å². The summed E-state index contributed by atoms with van der Waals surface area (Å²) in [6, 6.07) is 14.8. The van der Waals surface area contributed by atoms with Crippen molar-refractivity contribution in [1.29, 1.82) is 0 Å². The molecule has 4 nitrogen and oxygen atoms in total. The van der Waals surface area contributed by atoms with E-state index in [9.17, 15) is 0 Å².